The maximum Gasteiger partial charge on any atom is 0.0584 e. The molecule has 2 rings (SSSR count). The molecule has 0 bridgehead atoms. The maximum absolute atomic E-state index is 8.82. The molecular weight excluding hydrogens is 126 g/mol. The summed E-state index contributed by atoms with van der Waals surface area (Å²) in [4.78, 5) is 2.37. The number of aliphatic hydroxyl groups excluding tert-OH is 1. The molecular formula is C8H15NO. The SMILES string of the molecule is C[C@@H](CO)N1CC2(CC2)C1. The van der Waals surface area contributed by atoms with Crippen LogP contribution >= 0.6 is 0 Å². The molecule has 0 aromatic heterocycles. The van der Waals surface area contributed by atoms with E-state index in [2.05, 4.69) is 11.8 Å². The van der Waals surface area contributed by atoms with Crippen molar-refractivity contribution in [3.8, 4) is 0 Å². The molecule has 0 unspecified atom stereocenters. The van der Waals surface area contributed by atoms with E-state index in [1.807, 2.05) is 0 Å². The lowest BCUT2D eigenvalue weighted by Gasteiger charge is -2.43. The molecule has 0 amide bonds. The summed E-state index contributed by atoms with van der Waals surface area (Å²) in [6.45, 7) is 4.90. The van der Waals surface area contributed by atoms with Gasteiger partial charge in [-0.2, -0.15) is 0 Å². The molecule has 58 valence electrons. The van der Waals surface area contributed by atoms with E-state index >= 15 is 0 Å². The minimum Gasteiger partial charge on any atom is -0.395 e. The first-order valence-electron chi connectivity index (χ1n) is 4.11. The predicted molar refractivity (Wildman–Crippen MR) is 39.8 cm³/mol. The van der Waals surface area contributed by atoms with Crippen molar-refractivity contribution in [2.45, 2.75) is 25.8 Å². The van der Waals surface area contributed by atoms with Crippen molar-refractivity contribution in [2.75, 3.05) is 19.7 Å². The third-order valence-corrected chi connectivity index (χ3v) is 2.92. The van der Waals surface area contributed by atoms with Crippen LogP contribution in [0.3, 0.4) is 0 Å². The van der Waals surface area contributed by atoms with Crippen molar-refractivity contribution in [3.63, 3.8) is 0 Å². The van der Waals surface area contributed by atoms with Gasteiger partial charge in [0.15, 0.2) is 0 Å². The van der Waals surface area contributed by atoms with Crippen LogP contribution in [0.1, 0.15) is 19.8 Å². The van der Waals surface area contributed by atoms with Gasteiger partial charge < -0.3 is 5.11 Å². The maximum atomic E-state index is 8.82. The summed E-state index contributed by atoms with van der Waals surface area (Å²) in [5.41, 5.74) is 0.740. The van der Waals surface area contributed by atoms with Crippen molar-refractivity contribution < 1.29 is 5.11 Å². The van der Waals surface area contributed by atoms with Crippen molar-refractivity contribution in [2.24, 2.45) is 5.41 Å². The summed E-state index contributed by atoms with van der Waals surface area (Å²) in [6, 6.07) is 0.395. The van der Waals surface area contributed by atoms with Crippen LogP contribution in [0.15, 0.2) is 0 Å². The summed E-state index contributed by atoms with van der Waals surface area (Å²) in [7, 11) is 0. The molecule has 1 atom stereocenters. The van der Waals surface area contributed by atoms with Gasteiger partial charge in [-0.3, -0.25) is 4.90 Å². The molecule has 2 aliphatic rings. The molecule has 1 aliphatic carbocycles. The van der Waals surface area contributed by atoms with Gasteiger partial charge in [0.05, 0.1) is 6.61 Å². The Morgan fingerprint density at radius 3 is 2.50 bits per heavy atom. The fourth-order valence-corrected chi connectivity index (χ4v) is 1.74. The highest BCUT2D eigenvalue weighted by Crippen LogP contribution is 2.53. The summed E-state index contributed by atoms with van der Waals surface area (Å²) in [6.07, 6.45) is 2.86. The number of likely N-dealkylation sites (tertiary alicyclic amines) is 1. The van der Waals surface area contributed by atoms with Crippen molar-refractivity contribution in [1.82, 2.24) is 4.90 Å². The second-order valence-electron chi connectivity index (χ2n) is 3.94. The zero-order valence-electron chi connectivity index (χ0n) is 6.51. The fraction of sp³-hybridized carbons (Fsp3) is 1.00. The third-order valence-electron chi connectivity index (χ3n) is 2.92. The van der Waals surface area contributed by atoms with Gasteiger partial charge in [-0.1, -0.05) is 0 Å². The molecule has 1 spiro atoms. The van der Waals surface area contributed by atoms with Gasteiger partial charge >= 0.3 is 0 Å². The molecule has 0 aromatic carbocycles. The van der Waals surface area contributed by atoms with Gasteiger partial charge in [-0.25, -0.2) is 0 Å². The lowest BCUT2D eigenvalue weighted by Crippen LogP contribution is -2.53. The van der Waals surface area contributed by atoms with Crippen LogP contribution < -0.4 is 0 Å². The molecule has 1 saturated carbocycles. The fourth-order valence-electron chi connectivity index (χ4n) is 1.74. The van der Waals surface area contributed by atoms with Crippen LogP contribution in [0.5, 0.6) is 0 Å². The quantitative estimate of drug-likeness (QED) is 0.604. The molecule has 2 fully saturated rings. The highest BCUT2D eigenvalue weighted by atomic mass is 16.3. The molecule has 0 radical (unpaired) electrons. The molecule has 2 nitrogen and oxygen atoms in total. The Labute approximate surface area is 61.8 Å². The van der Waals surface area contributed by atoms with Gasteiger partial charge in [0, 0.05) is 19.1 Å². The average molecular weight is 141 g/mol. The van der Waals surface area contributed by atoms with Gasteiger partial charge in [0.2, 0.25) is 0 Å². The lowest BCUT2D eigenvalue weighted by atomic mass is 9.95. The second kappa shape index (κ2) is 1.95. The van der Waals surface area contributed by atoms with Gasteiger partial charge in [-0.05, 0) is 25.2 Å². The number of aliphatic hydroxyl groups is 1. The Balaban J connectivity index is 1.79. The summed E-state index contributed by atoms with van der Waals surface area (Å²) < 4.78 is 0. The summed E-state index contributed by atoms with van der Waals surface area (Å²) >= 11 is 0. The van der Waals surface area contributed by atoms with E-state index in [9.17, 15) is 0 Å². The summed E-state index contributed by atoms with van der Waals surface area (Å²) in [5.74, 6) is 0. The Hall–Kier alpha value is -0.0800. The van der Waals surface area contributed by atoms with E-state index in [1.165, 1.54) is 25.9 Å². The Morgan fingerprint density at radius 2 is 2.10 bits per heavy atom. The molecule has 0 aromatic rings. The van der Waals surface area contributed by atoms with Crippen molar-refractivity contribution >= 4 is 0 Å². The van der Waals surface area contributed by atoms with E-state index in [0.29, 0.717) is 12.6 Å². The zero-order chi connectivity index (χ0) is 7.19. The minimum atomic E-state index is 0.316. The van der Waals surface area contributed by atoms with Crippen LogP contribution in [-0.4, -0.2) is 35.7 Å². The predicted octanol–water partition coefficient (Wildman–Crippen LogP) is 0.463. The lowest BCUT2D eigenvalue weighted by molar-refractivity contribution is 0.0188. The molecule has 1 saturated heterocycles. The molecule has 2 heteroatoms. The van der Waals surface area contributed by atoms with Crippen LogP contribution in [-0.2, 0) is 0 Å². The van der Waals surface area contributed by atoms with E-state index in [1.54, 1.807) is 0 Å². The minimum absolute atomic E-state index is 0.316. The van der Waals surface area contributed by atoms with E-state index < -0.39 is 0 Å². The monoisotopic (exact) mass is 141 g/mol. The molecule has 10 heavy (non-hydrogen) atoms. The first-order valence-corrected chi connectivity index (χ1v) is 4.11. The van der Waals surface area contributed by atoms with E-state index in [-0.39, 0.29) is 0 Å². The third kappa shape index (κ3) is 0.867. The van der Waals surface area contributed by atoms with Crippen LogP contribution in [0.2, 0.25) is 0 Å². The zero-order valence-corrected chi connectivity index (χ0v) is 6.51. The Kier molecular flexibility index (Phi) is 1.29. The standard InChI is InChI=1S/C8H15NO/c1-7(4-10)9-5-8(6-9)2-3-8/h7,10H,2-6H2,1H3/t7-/m0/s1. The molecule has 1 aliphatic heterocycles. The largest absolute Gasteiger partial charge is 0.395 e. The number of hydrogen-bond acceptors (Lipinski definition) is 2. The normalized spacial score (nSPS) is 31.8. The van der Waals surface area contributed by atoms with Gasteiger partial charge in [-0.15, -0.1) is 0 Å². The van der Waals surface area contributed by atoms with Crippen LogP contribution in [0.25, 0.3) is 0 Å². The van der Waals surface area contributed by atoms with Crippen molar-refractivity contribution in [3.05, 3.63) is 0 Å². The van der Waals surface area contributed by atoms with Gasteiger partial charge in [0.25, 0.3) is 0 Å². The molecule has 1 heterocycles. The first kappa shape index (κ1) is 6.62. The summed E-state index contributed by atoms with van der Waals surface area (Å²) in [5, 5.41) is 8.82. The number of rotatable bonds is 2. The van der Waals surface area contributed by atoms with Gasteiger partial charge in [0.1, 0.15) is 0 Å². The first-order chi connectivity index (χ1) is 4.76. The highest BCUT2D eigenvalue weighted by Gasteiger charge is 2.52. The Bertz CT molecular complexity index is 134. The van der Waals surface area contributed by atoms with E-state index in [0.717, 1.165) is 5.41 Å². The second-order valence-corrected chi connectivity index (χ2v) is 3.94. The average Bonchev–Trinajstić information content (AvgIpc) is 2.61. The number of hydrogen-bond donors (Lipinski definition) is 1. The highest BCUT2D eigenvalue weighted by molar-refractivity contribution is 5.06. The van der Waals surface area contributed by atoms with E-state index in [4.69, 9.17) is 5.11 Å². The topological polar surface area (TPSA) is 23.5 Å². The Morgan fingerprint density at radius 1 is 1.50 bits per heavy atom. The van der Waals surface area contributed by atoms with Crippen LogP contribution in [0, 0.1) is 5.41 Å². The van der Waals surface area contributed by atoms with Crippen molar-refractivity contribution in [1.29, 1.82) is 0 Å². The molecule has 1 N–H and O–H groups in total. The van der Waals surface area contributed by atoms with Crippen LogP contribution in [0.4, 0.5) is 0 Å². The number of nitrogens with zero attached hydrogens (tertiary/aromatic N) is 1. The smallest absolute Gasteiger partial charge is 0.0584 e.